The lowest BCUT2D eigenvalue weighted by Gasteiger charge is -1.93. The predicted octanol–water partition coefficient (Wildman–Crippen LogP) is 1.59. The Morgan fingerprint density at radius 1 is 1.50 bits per heavy atom. The number of methoxy groups -OCH3 is 1. The molecule has 86 valence electrons. The fraction of sp³-hybridized carbons (Fsp3) is 0.200. The van der Waals surface area contributed by atoms with E-state index in [9.17, 15) is 14.9 Å². The average molecular weight is 225 g/mol. The van der Waals surface area contributed by atoms with Gasteiger partial charge in [0, 0.05) is 17.7 Å². The highest BCUT2D eigenvalue weighted by Gasteiger charge is 2.07. The summed E-state index contributed by atoms with van der Waals surface area (Å²) in [6.45, 7) is 1.75. The molecule has 0 bridgehead atoms. The number of ketones is 1. The zero-order valence-electron chi connectivity index (χ0n) is 8.88. The molecule has 1 aromatic rings. The Labute approximate surface area is 92.0 Å². The number of carbonyl (C=O) groups excluding carboxylic acids is 2. The van der Waals surface area contributed by atoms with Crippen LogP contribution in [0.1, 0.15) is 17.3 Å². The third-order valence-corrected chi connectivity index (χ3v) is 1.56. The summed E-state index contributed by atoms with van der Waals surface area (Å²) < 4.78 is 3.86. The molecule has 0 amide bonds. The minimum Gasteiger partial charge on any atom is -0.471 e. The van der Waals surface area contributed by atoms with Crippen LogP contribution in [0, 0.1) is 10.1 Å². The minimum absolute atomic E-state index is 0.0531. The van der Waals surface area contributed by atoms with Crippen LogP contribution < -0.4 is 0 Å². The van der Waals surface area contributed by atoms with E-state index >= 15 is 0 Å². The molecule has 6 nitrogen and oxygen atoms in total. The highest BCUT2D eigenvalue weighted by molar-refractivity contribution is 5.94. The number of non-ortho nitro benzene ring substituents is 1. The van der Waals surface area contributed by atoms with Crippen molar-refractivity contribution in [3.63, 3.8) is 0 Å². The average Bonchev–Trinajstić information content (AvgIpc) is 2.29. The number of nitro benzene ring substituents is 1. The van der Waals surface area contributed by atoms with Gasteiger partial charge in [0.2, 0.25) is 0 Å². The lowest BCUT2D eigenvalue weighted by atomic mass is 10.1. The van der Waals surface area contributed by atoms with Gasteiger partial charge >= 0.3 is 0 Å². The summed E-state index contributed by atoms with van der Waals surface area (Å²) in [5, 5.41) is 10.3. The monoisotopic (exact) mass is 225 g/mol. The van der Waals surface area contributed by atoms with Gasteiger partial charge in [0.15, 0.2) is 5.78 Å². The Morgan fingerprint density at radius 2 is 2.06 bits per heavy atom. The van der Waals surface area contributed by atoms with Gasteiger partial charge in [0.05, 0.1) is 12.0 Å². The molecule has 16 heavy (non-hydrogen) atoms. The quantitative estimate of drug-likeness (QED) is 0.337. The molecule has 1 rings (SSSR count). The summed E-state index contributed by atoms with van der Waals surface area (Å²) in [4.78, 5) is 29.5. The first-order valence-corrected chi connectivity index (χ1v) is 4.24. The summed E-state index contributed by atoms with van der Waals surface area (Å²) in [6, 6.07) is 5.67. The topological polar surface area (TPSA) is 86.5 Å². The van der Waals surface area contributed by atoms with E-state index in [1.807, 2.05) is 0 Å². The molecule has 0 saturated heterocycles. The normalized spacial score (nSPS) is 8.38. The maximum atomic E-state index is 10.8. The van der Waals surface area contributed by atoms with Gasteiger partial charge in [0.1, 0.15) is 0 Å². The summed E-state index contributed by atoms with van der Waals surface area (Å²) in [6.07, 6.45) is 0. The Morgan fingerprint density at radius 3 is 2.44 bits per heavy atom. The SMILES string of the molecule is CC(=O)c1cccc([N+](=O)[O-])c1.COC=O. The number of benzene rings is 1. The third kappa shape index (κ3) is 4.85. The second-order valence-electron chi connectivity index (χ2n) is 2.70. The molecular weight excluding hydrogens is 214 g/mol. The number of nitrogens with zero attached hydrogens (tertiary/aromatic N) is 1. The standard InChI is InChI=1S/C8H7NO3.C2H4O2/c1-6(10)7-3-2-4-8(5-7)9(11)12;1-4-2-3/h2-5H,1H3;2H,1H3. The zero-order chi connectivity index (χ0) is 12.6. The fourth-order valence-electron chi connectivity index (χ4n) is 0.838. The van der Waals surface area contributed by atoms with Crippen molar-refractivity contribution in [3.05, 3.63) is 39.9 Å². The van der Waals surface area contributed by atoms with Crippen LogP contribution in [0.25, 0.3) is 0 Å². The van der Waals surface area contributed by atoms with Crippen molar-refractivity contribution >= 4 is 17.9 Å². The maximum absolute atomic E-state index is 10.8. The van der Waals surface area contributed by atoms with Crippen molar-refractivity contribution in [1.82, 2.24) is 0 Å². The Balaban J connectivity index is 0.000000487. The summed E-state index contributed by atoms with van der Waals surface area (Å²) in [5.41, 5.74) is 0.312. The first-order valence-electron chi connectivity index (χ1n) is 4.24. The van der Waals surface area contributed by atoms with Crippen LogP contribution in [-0.2, 0) is 9.53 Å². The van der Waals surface area contributed by atoms with E-state index in [1.54, 1.807) is 6.07 Å². The molecule has 0 radical (unpaired) electrons. The van der Waals surface area contributed by atoms with Gasteiger partial charge in [-0.05, 0) is 6.92 Å². The molecule has 0 aliphatic carbocycles. The van der Waals surface area contributed by atoms with Crippen molar-refractivity contribution in [2.75, 3.05) is 7.11 Å². The molecule has 0 aliphatic rings. The number of hydrogen-bond acceptors (Lipinski definition) is 5. The van der Waals surface area contributed by atoms with Gasteiger partial charge < -0.3 is 4.74 Å². The molecule has 0 aromatic heterocycles. The minimum atomic E-state index is -0.521. The lowest BCUT2D eigenvalue weighted by Crippen LogP contribution is -1.94. The van der Waals surface area contributed by atoms with Crippen molar-refractivity contribution in [2.24, 2.45) is 0 Å². The third-order valence-electron chi connectivity index (χ3n) is 1.56. The molecule has 0 atom stereocenters. The van der Waals surface area contributed by atoms with E-state index < -0.39 is 4.92 Å². The number of rotatable bonds is 3. The fourth-order valence-corrected chi connectivity index (χ4v) is 0.838. The lowest BCUT2D eigenvalue weighted by molar-refractivity contribution is -0.384. The van der Waals surface area contributed by atoms with E-state index in [1.165, 1.54) is 32.2 Å². The zero-order valence-corrected chi connectivity index (χ0v) is 8.88. The van der Waals surface area contributed by atoms with Gasteiger partial charge in [-0.2, -0.15) is 0 Å². The van der Waals surface area contributed by atoms with Gasteiger partial charge in [-0.15, -0.1) is 0 Å². The first kappa shape index (κ1) is 13.8. The molecule has 6 heteroatoms. The molecular formula is C10H11NO5. The highest BCUT2D eigenvalue weighted by atomic mass is 16.6. The van der Waals surface area contributed by atoms with Crippen LogP contribution in [-0.4, -0.2) is 24.3 Å². The molecule has 0 unspecified atom stereocenters. The van der Waals surface area contributed by atoms with Crippen molar-refractivity contribution in [2.45, 2.75) is 6.92 Å². The van der Waals surface area contributed by atoms with E-state index in [0.717, 1.165) is 0 Å². The summed E-state index contributed by atoms with van der Waals surface area (Å²) in [5.74, 6) is -0.168. The second kappa shape index (κ2) is 7.10. The van der Waals surface area contributed by atoms with E-state index in [2.05, 4.69) is 4.74 Å². The van der Waals surface area contributed by atoms with Crippen molar-refractivity contribution < 1.29 is 19.2 Å². The van der Waals surface area contributed by atoms with Crippen LogP contribution in [0.3, 0.4) is 0 Å². The molecule has 0 spiro atoms. The van der Waals surface area contributed by atoms with Crippen LogP contribution in [0.5, 0.6) is 0 Å². The van der Waals surface area contributed by atoms with Crippen molar-refractivity contribution in [1.29, 1.82) is 0 Å². The predicted molar refractivity (Wildman–Crippen MR) is 56.2 cm³/mol. The molecule has 0 aliphatic heterocycles. The molecule has 0 fully saturated rings. The van der Waals surface area contributed by atoms with Gasteiger partial charge in [-0.25, -0.2) is 0 Å². The molecule has 0 saturated carbocycles. The Bertz CT molecular complexity index is 359. The van der Waals surface area contributed by atoms with Crippen LogP contribution in [0.15, 0.2) is 24.3 Å². The maximum Gasteiger partial charge on any atom is 0.292 e. The van der Waals surface area contributed by atoms with Gasteiger partial charge in [-0.3, -0.25) is 19.7 Å². The van der Waals surface area contributed by atoms with Gasteiger partial charge in [-0.1, -0.05) is 12.1 Å². The second-order valence-corrected chi connectivity index (χ2v) is 2.70. The van der Waals surface area contributed by atoms with Crippen LogP contribution >= 0.6 is 0 Å². The number of carbonyl (C=O) groups is 2. The molecule has 1 aromatic carbocycles. The van der Waals surface area contributed by atoms with E-state index in [0.29, 0.717) is 12.0 Å². The van der Waals surface area contributed by atoms with Crippen LogP contribution in [0.4, 0.5) is 5.69 Å². The molecule has 0 N–H and O–H groups in total. The highest BCUT2D eigenvalue weighted by Crippen LogP contribution is 2.12. The Hall–Kier alpha value is -2.24. The van der Waals surface area contributed by atoms with E-state index in [-0.39, 0.29) is 11.5 Å². The Kier molecular flexibility index (Phi) is 6.11. The van der Waals surface area contributed by atoms with Crippen LogP contribution in [0.2, 0.25) is 0 Å². The number of nitro groups is 1. The molecule has 0 heterocycles. The van der Waals surface area contributed by atoms with Crippen molar-refractivity contribution in [3.8, 4) is 0 Å². The number of hydrogen-bond donors (Lipinski definition) is 0. The summed E-state index contributed by atoms with van der Waals surface area (Å²) in [7, 11) is 1.31. The van der Waals surface area contributed by atoms with E-state index in [4.69, 9.17) is 4.79 Å². The van der Waals surface area contributed by atoms with Gasteiger partial charge in [0.25, 0.3) is 12.2 Å². The first-order chi connectivity index (χ1) is 7.52. The smallest absolute Gasteiger partial charge is 0.292 e. The number of ether oxygens (including phenoxy) is 1. The number of Topliss-reactive ketones (excluding diaryl/α,β-unsaturated/α-hetero) is 1. The largest absolute Gasteiger partial charge is 0.471 e. The summed E-state index contributed by atoms with van der Waals surface area (Å²) >= 11 is 0.